The van der Waals surface area contributed by atoms with E-state index in [4.69, 9.17) is 13.9 Å². The van der Waals surface area contributed by atoms with E-state index in [0.717, 1.165) is 28.9 Å². The molecule has 0 spiro atoms. The van der Waals surface area contributed by atoms with Crippen molar-refractivity contribution in [3.63, 3.8) is 0 Å². The first kappa shape index (κ1) is 19.5. The maximum atomic E-state index is 12.3. The minimum absolute atomic E-state index is 0.173. The molecule has 0 saturated carbocycles. The SMILES string of the molecule is CCOc1ccc2oc(C(=O)N/N=C/c3ccc(O[C@H](C)CC)cc3)cc2c1. The molecule has 1 amide bonds. The van der Waals surface area contributed by atoms with Gasteiger partial charge in [-0.2, -0.15) is 5.10 Å². The predicted molar refractivity (Wildman–Crippen MR) is 109 cm³/mol. The lowest BCUT2D eigenvalue weighted by Crippen LogP contribution is -2.16. The number of rotatable bonds is 8. The highest BCUT2D eigenvalue weighted by molar-refractivity contribution is 5.96. The number of nitrogens with one attached hydrogen (secondary N) is 1. The molecule has 0 saturated heterocycles. The number of hydrogen-bond donors (Lipinski definition) is 1. The van der Waals surface area contributed by atoms with Crippen LogP contribution < -0.4 is 14.9 Å². The van der Waals surface area contributed by atoms with Crippen LogP contribution in [0.5, 0.6) is 11.5 Å². The highest BCUT2D eigenvalue weighted by atomic mass is 16.5. The standard InChI is InChI=1S/C22H24N2O4/c1-4-15(3)27-18-8-6-16(7-9-18)14-23-24-22(25)21-13-17-12-19(26-5-2)10-11-20(17)28-21/h6-15H,4-5H2,1-3H3,(H,24,25)/b23-14+/t15-/m1/s1. The molecular weight excluding hydrogens is 356 g/mol. The van der Waals surface area contributed by atoms with Gasteiger partial charge in [0, 0.05) is 5.39 Å². The van der Waals surface area contributed by atoms with Crippen molar-refractivity contribution in [2.75, 3.05) is 6.61 Å². The Kier molecular flexibility index (Phi) is 6.32. The summed E-state index contributed by atoms with van der Waals surface area (Å²) in [5, 5.41) is 4.79. The van der Waals surface area contributed by atoms with Crippen molar-refractivity contribution in [3.8, 4) is 11.5 Å². The molecule has 146 valence electrons. The Morgan fingerprint density at radius 2 is 1.89 bits per heavy atom. The third-order valence-electron chi connectivity index (χ3n) is 4.19. The molecule has 6 heteroatoms. The Morgan fingerprint density at radius 1 is 1.14 bits per heavy atom. The monoisotopic (exact) mass is 380 g/mol. The summed E-state index contributed by atoms with van der Waals surface area (Å²) in [5.74, 6) is 1.33. The molecule has 0 aliphatic carbocycles. The van der Waals surface area contributed by atoms with Gasteiger partial charge in [-0.3, -0.25) is 4.79 Å². The van der Waals surface area contributed by atoms with E-state index >= 15 is 0 Å². The quantitative estimate of drug-likeness (QED) is 0.451. The number of hydrogen-bond acceptors (Lipinski definition) is 5. The average molecular weight is 380 g/mol. The van der Waals surface area contributed by atoms with Crippen molar-refractivity contribution >= 4 is 23.1 Å². The van der Waals surface area contributed by atoms with Gasteiger partial charge in [-0.05, 0) is 74.4 Å². The molecule has 2 aromatic carbocycles. The van der Waals surface area contributed by atoms with Crippen LogP contribution in [0.1, 0.15) is 43.3 Å². The second-order valence-electron chi connectivity index (χ2n) is 6.35. The van der Waals surface area contributed by atoms with Crippen LogP contribution in [0.25, 0.3) is 11.0 Å². The van der Waals surface area contributed by atoms with Crippen LogP contribution in [0.15, 0.2) is 58.0 Å². The molecule has 0 aliphatic heterocycles. The van der Waals surface area contributed by atoms with E-state index < -0.39 is 5.91 Å². The van der Waals surface area contributed by atoms with Crippen LogP contribution in [0.4, 0.5) is 0 Å². The summed E-state index contributed by atoms with van der Waals surface area (Å²) < 4.78 is 16.8. The van der Waals surface area contributed by atoms with E-state index in [1.165, 1.54) is 0 Å². The fourth-order valence-corrected chi connectivity index (χ4v) is 2.56. The summed E-state index contributed by atoms with van der Waals surface area (Å²) in [4.78, 5) is 12.3. The molecule has 1 N–H and O–H groups in total. The number of fused-ring (bicyclic) bond motifs is 1. The summed E-state index contributed by atoms with van der Waals surface area (Å²) in [5.41, 5.74) is 3.95. The zero-order valence-corrected chi connectivity index (χ0v) is 16.3. The molecule has 0 radical (unpaired) electrons. The van der Waals surface area contributed by atoms with Gasteiger partial charge in [0.1, 0.15) is 17.1 Å². The van der Waals surface area contributed by atoms with Crippen LogP contribution in [0, 0.1) is 0 Å². The zero-order chi connectivity index (χ0) is 19.9. The van der Waals surface area contributed by atoms with Crippen LogP contribution in [0.3, 0.4) is 0 Å². The second kappa shape index (κ2) is 9.08. The number of ether oxygens (including phenoxy) is 2. The summed E-state index contributed by atoms with van der Waals surface area (Å²) in [7, 11) is 0. The lowest BCUT2D eigenvalue weighted by molar-refractivity contribution is 0.0929. The molecular formula is C22H24N2O4. The van der Waals surface area contributed by atoms with E-state index in [2.05, 4.69) is 17.5 Å². The Labute approximate surface area is 164 Å². The average Bonchev–Trinajstić information content (AvgIpc) is 3.13. The van der Waals surface area contributed by atoms with Crippen molar-refractivity contribution in [1.29, 1.82) is 0 Å². The number of hydrazone groups is 1. The third kappa shape index (κ3) is 4.91. The molecule has 1 aromatic heterocycles. The fraction of sp³-hybridized carbons (Fsp3) is 0.273. The summed E-state index contributed by atoms with van der Waals surface area (Å²) in [6, 6.07) is 14.6. The Balaban J connectivity index is 1.61. The van der Waals surface area contributed by atoms with E-state index in [-0.39, 0.29) is 11.9 Å². The van der Waals surface area contributed by atoms with Crippen molar-refractivity contribution in [1.82, 2.24) is 5.43 Å². The first-order valence-corrected chi connectivity index (χ1v) is 9.35. The molecule has 0 bridgehead atoms. The van der Waals surface area contributed by atoms with Gasteiger partial charge in [-0.25, -0.2) is 5.43 Å². The van der Waals surface area contributed by atoms with E-state index in [0.29, 0.717) is 12.2 Å². The second-order valence-corrected chi connectivity index (χ2v) is 6.35. The van der Waals surface area contributed by atoms with Gasteiger partial charge in [-0.15, -0.1) is 0 Å². The lowest BCUT2D eigenvalue weighted by Gasteiger charge is -2.12. The largest absolute Gasteiger partial charge is 0.494 e. The van der Waals surface area contributed by atoms with Gasteiger partial charge in [-0.1, -0.05) is 6.92 Å². The maximum absolute atomic E-state index is 12.3. The van der Waals surface area contributed by atoms with Crippen molar-refractivity contribution in [2.45, 2.75) is 33.3 Å². The number of amides is 1. The van der Waals surface area contributed by atoms with Crippen molar-refractivity contribution < 1.29 is 18.7 Å². The van der Waals surface area contributed by atoms with Gasteiger partial charge in [0.2, 0.25) is 0 Å². The predicted octanol–water partition coefficient (Wildman–Crippen LogP) is 4.77. The Hall–Kier alpha value is -3.28. The molecule has 28 heavy (non-hydrogen) atoms. The minimum Gasteiger partial charge on any atom is -0.494 e. The zero-order valence-electron chi connectivity index (χ0n) is 16.3. The maximum Gasteiger partial charge on any atom is 0.307 e. The van der Waals surface area contributed by atoms with Crippen LogP contribution in [-0.2, 0) is 0 Å². The highest BCUT2D eigenvalue weighted by Crippen LogP contribution is 2.24. The molecule has 0 fully saturated rings. The number of furan rings is 1. The van der Waals surface area contributed by atoms with Crippen molar-refractivity contribution in [2.24, 2.45) is 5.10 Å². The molecule has 1 atom stereocenters. The van der Waals surface area contributed by atoms with Crippen LogP contribution >= 0.6 is 0 Å². The normalized spacial score (nSPS) is 12.2. The van der Waals surface area contributed by atoms with Gasteiger partial charge in [0.25, 0.3) is 0 Å². The Bertz CT molecular complexity index is 960. The topological polar surface area (TPSA) is 73.1 Å². The molecule has 6 nitrogen and oxygen atoms in total. The molecule has 3 rings (SSSR count). The number of nitrogens with zero attached hydrogens (tertiary/aromatic N) is 1. The summed E-state index contributed by atoms with van der Waals surface area (Å²) >= 11 is 0. The number of carbonyl (C=O) groups excluding carboxylic acids is 1. The molecule has 0 aliphatic rings. The molecule has 0 unspecified atom stereocenters. The molecule has 3 aromatic rings. The first-order valence-electron chi connectivity index (χ1n) is 9.35. The van der Waals surface area contributed by atoms with Gasteiger partial charge < -0.3 is 13.9 Å². The fourth-order valence-electron chi connectivity index (χ4n) is 2.56. The van der Waals surface area contributed by atoms with Gasteiger partial charge in [0.15, 0.2) is 5.76 Å². The Morgan fingerprint density at radius 3 is 2.61 bits per heavy atom. The van der Waals surface area contributed by atoms with E-state index in [1.807, 2.05) is 50.2 Å². The minimum atomic E-state index is -0.415. The highest BCUT2D eigenvalue weighted by Gasteiger charge is 2.12. The summed E-state index contributed by atoms with van der Waals surface area (Å²) in [6.45, 7) is 6.60. The van der Waals surface area contributed by atoms with Crippen LogP contribution in [-0.4, -0.2) is 24.8 Å². The van der Waals surface area contributed by atoms with Gasteiger partial charge >= 0.3 is 5.91 Å². The third-order valence-corrected chi connectivity index (χ3v) is 4.19. The molecule has 1 heterocycles. The smallest absolute Gasteiger partial charge is 0.307 e. The van der Waals surface area contributed by atoms with Crippen LogP contribution in [0.2, 0.25) is 0 Å². The number of benzene rings is 2. The first-order chi connectivity index (χ1) is 13.6. The van der Waals surface area contributed by atoms with Crippen molar-refractivity contribution in [3.05, 3.63) is 59.9 Å². The lowest BCUT2D eigenvalue weighted by atomic mass is 10.2. The number of carbonyl (C=O) groups is 1. The summed E-state index contributed by atoms with van der Waals surface area (Å²) in [6.07, 6.45) is 2.69. The van der Waals surface area contributed by atoms with E-state index in [1.54, 1.807) is 18.3 Å². The van der Waals surface area contributed by atoms with Gasteiger partial charge in [0.05, 0.1) is 18.9 Å². The van der Waals surface area contributed by atoms with E-state index in [9.17, 15) is 4.79 Å².